The van der Waals surface area contributed by atoms with E-state index in [-0.39, 0.29) is 0 Å². The number of hydrogen-bond acceptors (Lipinski definition) is 3. The summed E-state index contributed by atoms with van der Waals surface area (Å²) in [4.78, 5) is 0. The minimum Gasteiger partial charge on any atom is -0.381 e. The fourth-order valence-corrected chi connectivity index (χ4v) is 2.72. The predicted molar refractivity (Wildman–Crippen MR) is 57.1 cm³/mol. The van der Waals surface area contributed by atoms with Crippen LogP contribution in [0.3, 0.4) is 0 Å². The van der Waals surface area contributed by atoms with Crippen LogP contribution in [-0.4, -0.2) is 32.3 Å². The van der Waals surface area contributed by atoms with E-state index in [0.29, 0.717) is 6.04 Å². The van der Waals surface area contributed by atoms with E-state index >= 15 is 0 Å². The number of rotatable bonds is 2. The largest absolute Gasteiger partial charge is 0.381 e. The fourth-order valence-electron chi connectivity index (χ4n) is 2.72. The zero-order valence-corrected chi connectivity index (χ0v) is 8.87. The summed E-state index contributed by atoms with van der Waals surface area (Å²) < 4.78 is 5.39. The molecule has 2 atom stereocenters. The summed E-state index contributed by atoms with van der Waals surface area (Å²) in [5, 5.41) is 3.64. The molecule has 2 saturated heterocycles. The molecule has 2 aliphatic heterocycles. The van der Waals surface area contributed by atoms with E-state index in [4.69, 9.17) is 10.5 Å². The van der Waals surface area contributed by atoms with E-state index in [9.17, 15) is 0 Å². The van der Waals surface area contributed by atoms with E-state index in [1.54, 1.807) is 0 Å². The average Bonchev–Trinajstić information content (AvgIpc) is 2.30. The minimum absolute atomic E-state index is 0.709. The monoisotopic (exact) mass is 198 g/mol. The Morgan fingerprint density at radius 2 is 2.00 bits per heavy atom. The van der Waals surface area contributed by atoms with Crippen LogP contribution in [0.2, 0.25) is 0 Å². The van der Waals surface area contributed by atoms with Gasteiger partial charge in [-0.15, -0.1) is 0 Å². The normalized spacial score (nSPS) is 35.8. The molecule has 2 unspecified atom stereocenters. The molecule has 2 heterocycles. The Morgan fingerprint density at radius 1 is 1.21 bits per heavy atom. The number of nitrogens with one attached hydrogen (secondary N) is 1. The molecule has 2 aliphatic rings. The first-order valence-electron chi connectivity index (χ1n) is 5.91. The van der Waals surface area contributed by atoms with E-state index in [1.165, 1.54) is 25.7 Å². The van der Waals surface area contributed by atoms with Crippen LogP contribution < -0.4 is 11.1 Å². The highest BCUT2D eigenvalue weighted by molar-refractivity contribution is 4.85. The first kappa shape index (κ1) is 10.4. The van der Waals surface area contributed by atoms with E-state index < -0.39 is 0 Å². The number of hydrogen-bond donors (Lipinski definition) is 2. The smallest absolute Gasteiger partial charge is 0.0469 e. The molecule has 0 bridgehead atoms. The molecule has 2 rings (SSSR count). The highest BCUT2D eigenvalue weighted by atomic mass is 16.5. The molecule has 14 heavy (non-hydrogen) atoms. The third kappa shape index (κ3) is 2.47. The van der Waals surface area contributed by atoms with Crippen molar-refractivity contribution in [2.24, 2.45) is 17.6 Å². The van der Waals surface area contributed by atoms with E-state index in [1.807, 2.05) is 0 Å². The summed E-state index contributed by atoms with van der Waals surface area (Å²) in [7, 11) is 0. The van der Waals surface area contributed by atoms with Crippen LogP contribution in [0.25, 0.3) is 0 Å². The van der Waals surface area contributed by atoms with Gasteiger partial charge in [-0.2, -0.15) is 0 Å². The number of ether oxygens (including phenoxy) is 1. The maximum Gasteiger partial charge on any atom is 0.0469 e. The quantitative estimate of drug-likeness (QED) is 0.688. The lowest BCUT2D eigenvalue weighted by molar-refractivity contribution is 0.0463. The van der Waals surface area contributed by atoms with Gasteiger partial charge in [0.2, 0.25) is 0 Å². The van der Waals surface area contributed by atoms with Gasteiger partial charge < -0.3 is 15.8 Å². The van der Waals surface area contributed by atoms with Gasteiger partial charge in [-0.3, -0.25) is 0 Å². The van der Waals surface area contributed by atoms with Crippen molar-refractivity contribution in [1.29, 1.82) is 0 Å². The number of piperidine rings is 1. The lowest BCUT2D eigenvalue weighted by Crippen LogP contribution is -2.46. The Kier molecular flexibility index (Phi) is 3.79. The zero-order valence-electron chi connectivity index (χ0n) is 8.87. The van der Waals surface area contributed by atoms with Gasteiger partial charge in [0, 0.05) is 19.3 Å². The van der Waals surface area contributed by atoms with Crippen molar-refractivity contribution in [2.45, 2.75) is 31.7 Å². The lowest BCUT2D eigenvalue weighted by atomic mass is 9.82. The summed E-state index contributed by atoms with van der Waals surface area (Å²) in [5.41, 5.74) is 5.74. The number of nitrogens with two attached hydrogens (primary N) is 1. The second-order valence-corrected chi connectivity index (χ2v) is 4.64. The predicted octanol–water partition coefficient (Wildman–Crippen LogP) is 0.740. The highest BCUT2D eigenvalue weighted by Gasteiger charge is 2.28. The molecule has 2 fully saturated rings. The Hall–Kier alpha value is -0.120. The van der Waals surface area contributed by atoms with Gasteiger partial charge >= 0.3 is 0 Å². The van der Waals surface area contributed by atoms with Crippen LogP contribution in [0.15, 0.2) is 0 Å². The lowest BCUT2D eigenvalue weighted by Gasteiger charge is -2.36. The van der Waals surface area contributed by atoms with Crippen LogP contribution in [0.4, 0.5) is 0 Å². The molecule has 0 aliphatic carbocycles. The first-order chi connectivity index (χ1) is 6.90. The van der Waals surface area contributed by atoms with Gasteiger partial charge in [-0.05, 0) is 50.6 Å². The van der Waals surface area contributed by atoms with E-state index in [2.05, 4.69) is 5.32 Å². The van der Waals surface area contributed by atoms with Crippen LogP contribution in [0.1, 0.15) is 25.7 Å². The molecule has 0 spiro atoms. The molecule has 0 radical (unpaired) electrons. The molecule has 0 saturated carbocycles. The Bertz CT molecular complexity index is 169. The summed E-state index contributed by atoms with van der Waals surface area (Å²) in [6, 6.07) is 0.709. The van der Waals surface area contributed by atoms with Crippen molar-refractivity contribution in [2.75, 3.05) is 26.3 Å². The van der Waals surface area contributed by atoms with Gasteiger partial charge in [-0.1, -0.05) is 0 Å². The summed E-state index contributed by atoms with van der Waals surface area (Å²) in [5.74, 6) is 1.59. The minimum atomic E-state index is 0.709. The van der Waals surface area contributed by atoms with Crippen LogP contribution in [0.5, 0.6) is 0 Å². The zero-order chi connectivity index (χ0) is 9.80. The van der Waals surface area contributed by atoms with Crippen LogP contribution in [-0.2, 0) is 4.74 Å². The van der Waals surface area contributed by atoms with Crippen LogP contribution >= 0.6 is 0 Å². The molecule has 3 heteroatoms. The molecule has 0 aromatic rings. The van der Waals surface area contributed by atoms with Gasteiger partial charge in [0.1, 0.15) is 0 Å². The Balaban J connectivity index is 1.83. The Morgan fingerprint density at radius 3 is 2.71 bits per heavy atom. The summed E-state index contributed by atoms with van der Waals surface area (Å²) in [6.07, 6.45) is 5.00. The second-order valence-electron chi connectivity index (χ2n) is 4.64. The third-order valence-electron chi connectivity index (χ3n) is 3.71. The molecule has 0 amide bonds. The highest BCUT2D eigenvalue weighted by Crippen LogP contribution is 2.26. The molecule has 0 aromatic heterocycles. The van der Waals surface area contributed by atoms with E-state index in [0.717, 1.165) is 38.1 Å². The fraction of sp³-hybridized carbons (Fsp3) is 1.00. The third-order valence-corrected chi connectivity index (χ3v) is 3.71. The van der Waals surface area contributed by atoms with Crippen molar-refractivity contribution in [3.05, 3.63) is 0 Å². The molecule has 82 valence electrons. The average molecular weight is 198 g/mol. The Labute approximate surface area is 86.4 Å². The van der Waals surface area contributed by atoms with Gasteiger partial charge in [-0.25, -0.2) is 0 Å². The molecular formula is C11H22N2O. The van der Waals surface area contributed by atoms with Gasteiger partial charge in [0.15, 0.2) is 0 Å². The summed E-state index contributed by atoms with van der Waals surface area (Å²) >= 11 is 0. The molecule has 0 aromatic carbocycles. The molecule has 3 N–H and O–H groups in total. The van der Waals surface area contributed by atoms with Crippen molar-refractivity contribution in [3.63, 3.8) is 0 Å². The standard InChI is InChI=1S/C11H22N2O/c12-8-9-1-4-13-11(7-9)10-2-5-14-6-3-10/h9-11,13H,1-8,12H2. The van der Waals surface area contributed by atoms with Crippen molar-refractivity contribution < 1.29 is 4.74 Å². The molecular weight excluding hydrogens is 176 g/mol. The van der Waals surface area contributed by atoms with Crippen molar-refractivity contribution in [3.8, 4) is 0 Å². The van der Waals surface area contributed by atoms with Gasteiger partial charge in [0.25, 0.3) is 0 Å². The topological polar surface area (TPSA) is 47.3 Å². The SMILES string of the molecule is NCC1CCNC(C2CCOCC2)C1. The molecule has 3 nitrogen and oxygen atoms in total. The van der Waals surface area contributed by atoms with Crippen molar-refractivity contribution in [1.82, 2.24) is 5.32 Å². The van der Waals surface area contributed by atoms with Crippen molar-refractivity contribution >= 4 is 0 Å². The maximum absolute atomic E-state index is 5.74. The van der Waals surface area contributed by atoms with Gasteiger partial charge in [0.05, 0.1) is 0 Å². The summed E-state index contributed by atoms with van der Waals surface area (Å²) in [6.45, 7) is 3.93. The van der Waals surface area contributed by atoms with Crippen LogP contribution in [0, 0.1) is 11.8 Å². The maximum atomic E-state index is 5.74. The first-order valence-corrected chi connectivity index (χ1v) is 5.91. The second kappa shape index (κ2) is 5.10.